The van der Waals surface area contributed by atoms with Crippen molar-refractivity contribution in [2.24, 2.45) is 0 Å². The van der Waals surface area contributed by atoms with Gasteiger partial charge in [0, 0.05) is 12.4 Å². The van der Waals surface area contributed by atoms with Gasteiger partial charge in [0.25, 0.3) is 11.3 Å². The highest BCUT2D eigenvalue weighted by Crippen LogP contribution is 2.16. The van der Waals surface area contributed by atoms with E-state index in [4.69, 9.17) is 0 Å². The van der Waals surface area contributed by atoms with Gasteiger partial charge in [0.2, 0.25) is 0 Å². The van der Waals surface area contributed by atoms with Gasteiger partial charge >= 0.3 is 0 Å². The first-order chi connectivity index (χ1) is 10.6. The Labute approximate surface area is 125 Å². The fourth-order valence-corrected chi connectivity index (χ4v) is 2.73. The molecule has 22 heavy (non-hydrogen) atoms. The summed E-state index contributed by atoms with van der Waals surface area (Å²) in [7, 11) is 0. The van der Waals surface area contributed by atoms with Crippen molar-refractivity contribution in [1.29, 1.82) is 0 Å². The molecule has 0 bridgehead atoms. The van der Waals surface area contributed by atoms with Gasteiger partial charge in [-0.15, -0.1) is 0 Å². The van der Waals surface area contributed by atoms with Crippen molar-refractivity contribution >= 4 is 16.7 Å². The fourth-order valence-electron chi connectivity index (χ4n) is 2.73. The topological polar surface area (TPSA) is 65.1 Å². The van der Waals surface area contributed by atoms with Crippen LogP contribution in [0.3, 0.4) is 0 Å². The zero-order valence-corrected chi connectivity index (χ0v) is 12.2. The highest BCUT2D eigenvalue weighted by Gasteiger charge is 2.10. The van der Waals surface area contributed by atoms with Gasteiger partial charge in [0.1, 0.15) is 6.33 Å². The van der Waals surface area contributed by atoms with Crippen LogP contribution in [0.25, 0.3) is 22.4 Å². The minimum absolute atomic E-state index is 0.116. The summed E-state index contributed by atoms with van der Waals surface area (Å²) in [5, 5.41) is 4.63. The van der Waals surface area contributed by atoms with Crippen LogP contribution in [0.2, 0.25) is 0 Å². The lowest BCUT2D eigenvalue weighted by Gasteiger charge is -2.11. The third kappa shape index (κ3) is 1.74. The number of hydrogen-bond donors (Lipinski definition) is 0. The van der Waals surface area contributed by atoms with Crippen molar-refractivity contribution in [3.05, 3.63) is 64.5 Å². The van der Waals surface area contributed by atoms with Crippen molar-refractivity contribution < 1.29 is 0 Å². The molecule has 3 aromatic heterocycles. The summed E-state index contributed by atoms with van der Waals surface area (Å²) in [6.45, 7) is 4.03. The molecule has 1 aromatic carbocycles. The van der Waals surface area contributed by atoms with Gasteiger partial charge < -0.3 is 0 Å². The molecule has 6 nitrogen and oxygen atoms in total. The van der Waals surface area contributed by atoms with E-state index in [0.717, 1.165) is 11.3 Å². The molecule has 4 aromatic rings. The maximum absolute atomic E-state index is 12.8. The van der Waals surface area contributed by atoms with Crippen molar-refractivity contribution in [3.63, 3.8) is 0 Å². The van der Waals surface area contributed by atoms with Gasteiger partial charge in [-0.1, -0.05) is 17.7 Å². The lowest BCUT2D eigenvalue weighted by Crippen LogP contribution is -2.19. The minimum atomic E-state index is -0.116. The Morgan fingerprint density at radius 3 is 2.77 bits per heavy atom. The van der Waals surface area contributed by atoms with Crippen molar-refractivity contribution in [3.8, 4) is 5.69 Å². The smallest absolute Gasteiger partial charge is 0.266 e. The Kier molecular flexibility index (Phi) is 2.59. The van der Waals surface area contributed by atoms with Gasteiger partial charge in [-0.25, -0.2) is 4.98 Å². The first-order valence-electron chi connectivity index (χ1n) is 6.93. The van der Waals surface area contributed by atoms with E-state index in [0.29, 0.717) is 16.7 Å². The van der Waals surface area contributed by atoms with Crippen molar-refractivity contribution in [1.82, 2.24) is 24.1 Å². The van der Waals surface area contributed by atoms with Gasteiger partial charge in [-0.2, -0.15) is 14.6 Å². The summed E-state index contributed by atoms with van der Waals surface area (Å²) in [5.41, 5.74) is 3.68. The Balaban J connectivity index is 2.06. The number of aromatic nitrogens is 5. The first-order valence-corrected chi connectivity index (χ1v) is 6.93. The Hall–Kier alpha value is -3.02. The van der Waals surface area contributed by atoms with Crippen LogP contribution in [0.1, 0.15) is 11.1 Å². The van der Waals surface area contributed by atoms with Crippen LogP contribution in [0.4, 0.5) is 0 Å². The van der Waals surface area contributed by atoms with Crippen molar-refractivity contribution in [2.75, 3.05) is 0 Å². The van der Waals surface area contributed by atoms with Gasteiger partial charge in [0.15, 0.2) is 0 Å². The Bertz CT molecular complexity index is 1080. The highest BCUT2D eigenvalue weighted by atomic mass is 16.1. The maximum atomic E-state index is 12.8. The lowest BCUT2D eigenvalue weighted by molar-refractivity contribution is 0.953. The third-order valence-corrected chi connectivity index (χ3v) is 3.79. The molecule has 0 unspecified atom stereocenters. The van der Waals surface area contributed by atoms with E-state index >= 15 is 0 Å². The molecule has 0 saturated heterocycles. The van der Waals surface area contributed by atoms with E-state index in [1.54, 1.807) is 21.5 Å². The molecular formula is C16H13N5O. The summed E-state index contributed by atoms with van der Waals surface area (Å²) in [6, 6.07) is 7.88. The number of rotatable bonds is 1. The molecule has 0 saturated carbocycles. The minimum Gasteiger partial charge on any atom is -0.283 e. The largest absolute Gasteiger partial charge is 0.283 e. The molecular weight excluding hydrogens is 278 g/mol. The first kappa shape index (κ1) is 12.7. The number of pyridine rings is 1. The third-order valence-electron chi connectivity index (χ3n) is 3.79. The van der Waals surface area contributed by atoms with E-state index < -0.39 is 0 Å². The van der Waals surface area contributed by atoms with Crippen LogP contribution in [0.15, 0.2) is 47.8 Å². The van der Waals surface area contributed by atoms with Crippen LogP contribution in [-0.4, -0.2) is 24.1 Å². The Morgan fingerprint density at radius 2 is 1.95 bits per heavy atom. The molecule has 108 valence electrons. The van der Waals surface area contributed by atoms with Crippen LogP contribution in [0.5, 0.6) is 0 Å². The molecule has 0 aliphatic heterocycles. The monoisotopic (exact) mass is 291 g/mol. The van der Waals surface area contributed by atoms with Crippen LogP contribution in [-0.2, 0) is 0 Å². The van der Waals surface area contributed by atoms with Gasteiger partial charge in [-0.3, -0.25) is 9.36 Å². The molecule has 0 aliphatic rings. The second-order valence-electron chi connectivity index (χ2n) is 5.31. The number of fused-ring (bicyclic) bond motifs is 3. The molecule has 0 fully saturated rings. The molecule has 0 amide bonds. The number of aryl methyl sites for hydroxylation is 2. The number of nitrogens with zero attached hydrogens (tertiary/aromatic N) is 5. The highest BCUT2D eigenvalue weighted by molar-refractivity contribution is 5.78. The normalized spacial score (nSPS) is 11.4. The molecule has 6 heteroatoms. The van der Waals surface area contributed by atoms with Gasteiger partial charge in [-0.05, 0) is 31.5 Å². The maximum Gasteiger partial charge on any atom is 0.266 e. The standard InChI is InChI=1S/C16H13N5O/c1-10-3-4-13(11(2)7-10)20-6-5-14-12(15(20)22)8-17-16-18-9-19-21(14)16/h3-9H,1-2H3. The van der Waals surface area contributed by atoms with Crippen molar-refractivity contribution in [2.45, 2.75) is 13.8 Å². The average molecular weight is 291 g/mol. The SMILES string of the molecule is Cc1ccc(-n2ccc3c(cnc4ncnn43)c2=O)c(C)c1. The summed E-state index contributed by atoms with van der Waals surface area (Å²) in [5.74, 6) is 0.483. The molecule has 0 radical (unpaired) electrons. The molecule has 4 rings (SSSR count). The van der Waals surface area contributed by atoms with Gasteiger partial charge in [0.05, 0.1) is 16.6 Å². The van der Waals surface area contributed by atoms with Crippen LogP contribution in [0, 0.1) is 13.8 Å². The average Bonchev–Trinajstić information content (AvgIpc) is 2.97. The summed E-state index contributed by atoms with van der Waals surface area (Å²) < 4.78 is 3.21. The van der Waals surface area contributed by atoms with Crippen LogP contribution >= 0.6 is 0 Å². The van der Waals surface area contributed by atoms with E-state index in [2.05, 4.69) is 21.1 Å². The fraction of sp³-hybridized carbons (Fsp3) is 0.125. The predicted octanol–water partition coefficient (Wildman–Crippen LogP) is 2.05. The second-order valence-corrected chi connectivity index (χ2v) is 5.31. The summed E-state index contributed by atoms with van der Waals surface area (Å²) in [6.07, 6.45) is 4.75. The molecule has 3 heterocycles. The zero-order chi connectivity index (χ0) is 15.3. The van der Waals surface area contributed by atoms with E-state index in [-0.39, 0.29) is 5.56 Å². The summed E-state index contributed by atoms with van der Waals surface area (Å²) in [4.78, 5) is 21.0. The Morgan fingerprint density at radius 1 is 1.09 bits per heavy atom. The summed E-state index contributed by atoms with van der Waals surface area (Å²) >= 11 is 0. The lowest BCUT2D eigenvalue weighted by atomic mass is 10.1. The second kappa shape index (κ2) is 4.49. The number of hydrogen-bond acceptors (Lipinski definition) is 4. The molecule has 0 aliphatic carbocycles. The molecule has 0 N–H and O–H groups in total. The molecule has 0 atom stereocenters. The quantitative estimate of drug-likeness (QED) is 0.538. The van der Waals surface area contributed by atoms with E-state index in [1.165, 1.54) is 11.9 Å². The zero-order valence-electron chi connectivity index (χ0n) is 12.2. The predicted molar refractivity (Wildman–Crippen MR) is 83.4 cm³/mol. The van der Waals surface area contributed by atoms with Crippen LogP contribution < -0.4 is 5.56 Å². The number of benzene rings is 1. The molecule has 0 spiro atoms. The van der Waals surface area contributed by atoms with E-state index in [1.807, 2.05) is 32.0 Å². The van der Waals surface area contributed by atoms with E-state index in [9.17, 15) is 4.79 Å².